The Morgan fingerprint density at radius 2 is 1.94 bits per heavy atom. The van der Waals surface area contributed by atoms with Crippen molar-refractivity contribution in [1.29, 1.82) is 0 Å². The molecule has 0 atom stereocenters. The molecule has 0 unspecified atom stereocenters. The molecule has 0 rings (SSSR count). The van der Waals surface area contributed by atoms with E-state index in [1.165, 1.54) is 0 Å². The molecule has 0 spiro atoms. The minimum Gasteiger partial charge on any atom is -0.465 e. The summed E-state index contributed by atoms with van der Waals surface area (Å²) in [5, 5.41) is 2.74. The number of ether oxygens (including phenoxy) is 1. The third-order valence-corrected chi connectivity index (χ3v) is 2.37. The van der Waals surface area contributed by atoms with Gasteiger partial charge in [-0.05, 0) is 27.7 Å². The molecule has 5 nitrogen and oxygen atoms in total. The van der Waals surface area contributed by atoms with Crippen LogP contribution < -0.4 is 5.32 Å². The van der Waals surface area contributed by atoms with E-state index in [0.717, 1.165) is 0 Å². The van der Waals surface area contributed by atoms with Gasteiger partial charge in [0, 0.05) is 25.6 Å². The van der Waals surface area contributed by atoms with Gasteiger partial charge in [0.25, 0.3) is 0 Å². The van der Waals surface area contributed by atoms with Crippen molar-refractivity contribution < 1.29 is 14.3 Å². The quantitative estimate of drug-likeness (QED) is 0.641. The van der Waals surface area contributed by atoms with Gasteiger partial charge in [-0.2, -0.15) is 0 Å². The molecule has 1 N–H and O–H groups in total. The van der Waals surface area contributed by atoms with Crippen LogP contribution in [0.1, 0.15) is 34.1 Å². The van der Waals surface area contributed by atoms with Crippen LogP contribution in [0.15, 0.2) is 0 Å². The summed E-state index contributed by atoms with van der Waals surface area (Å²) in [5.74, 6) is -0.223. The molecule has 0 aliphatic carbocycles. The van der Waals surface area contributed by atoms with E-state index in [-0.39, 0.29) is 24.5 Å². The number of esters is 1. The Hall–Kier alpha value is -1.10. The molecule has 0 radical (unpaired) electrons. The third kappa shape index (κ3) is 7.74. The fourth-order valence-corrected chi connectivity index (χ4v) is 1.42. The van der Waals surface area contributed by atoms with Gasteiger partial charge in [-0.3, -0.25) is 14.5 Å². The first-order valence-electron chi connectivity index (χ1n) is 6.17. The Balaban J connectivity index is 4.07. The molecule has 0 aromatic carbocycles. The average Bonchev–Trinajstić information content (AvgIpc) is 2.24. The predicted octanol–water partition coefficient (Wildman–Crippen LogP) is 0.786. The lowest BCUT2D eigenvalue weighted by molar-refractivity contribution is -0.145. The summed E-state index contributed by atoms with van der Waals surface area (Å²) in [7, 11) is 0. The van der Waals surface area contributed by atoms with Crippen LogP contribution in [-0.4, -0.2) is 49.1 Å². The van der Waals surface area contributed by atoms with Crippen LogP contribution in [0.25, 0.3) is 0 Å². The molecule has 0 aliphatic heterocycles. The summed E-state index contributed by atoms with van der Waals surface area (Å²) in [6, 6.07) is 0.217. The minimum absolute atomic E-state index is 0.0157. The predicted molar refractivity (Wildman–Crippen MR) is 66.6 cm³/mol. The summed E-state index contributed by atoms with van der Waals surface area (Å²) < 4.78 is 4.90. The summed E-state index contributed by atoms with van der Waals surface area (Å²) in [6.45, 7) is 9.50. The van der Waals surface area contributed by atoms with Crippen LogP contribution in [0.4, 0.5) is 0 Å². The third-order valence-electron chi connectivity index (χ3n) is 2.37. The first-order chi connectivity index (χ1) is 8.01. The fraction of sp³-hybridized carbons (Fsp3) is 0.833. The highest BCUT2D eigenvalue weighted by Crippen LogP contribution is 2.00. The normalized spacial score (nSPS) is 10.7. The zero-order chi connectivity index (χ0) is 13.3. The van der Waals surface area contributed by atoms with E-state index in [4.69, 9.17) is 4.74 Å². The van der Waals surface area contributed by atoms with Crippen molar-refractivity contribution in [1.82, 2.24) is 10.2 Å². The van der Waals surface area contributed by atoms with Crippen LogP contribution in [-0.2, 0) is 14.3 Å². The summed E-state index contributed by atoms with van der Waals surface area (Å²) >= 11 is 0. The maximum Gasteiger partial charge on any atom is 0.320 e. The highest BCUT2D eigenvalue weighted by atomic mass is 16.5. The Morgan fingerprint density at radius 3 is 2.41 bits per heavy atom. The molecular formula is C12H24N2O3. The number of amides is 1. The highest BCUT2D eigenvalue weighted by Gasteiger charge is 2.15. The van der Waals surface area contributed by atoms with Gasteiger partial charge in [0.15, 0.2) is 0 Å². The molecule has 100 valence electrons. The van der Waals surface area contributed by atoms with Gasteiger partial charge in [0.05, 0.1) is 13.2 Å². The van der Waals surface area contributed by atoms with E-state index >= 15 is 0 Å². The molecule has 1 amide bonds. The topological polar surface area (TPSA) is 58.6 Å². The second kappa shape index (κ2) is 8.98. The van der Waals surface area contributed by atoms with Crippen LogP contribution in [0.5, 0.6) is 0 Å². The molecule has 0 saturated carbocycles. The molecule has 0 aliphatic rings. The van der Waals surface area contributed by atoms with E-state index in [1.807, 2.05) is 25.7 Å². The van der Waals surface area contributed by atoms with E-state index in [0.29, 0.717) is 26.1 Å². The Bertz CT molecular complexity index is 242. The minimum atomic E-state index is -0.239. The van der Waals surface area contributed by atoms with E-state index in [2.05, 4.69) is 5.32 Å². The number of nitrogens with zero attached hydrogens (tertiary/aromatic N) is 1. The average molecular weight is 244 g/mol. The second-order valence-corrected chi connectivity index (χ2v) is 4.07. The summed E-state index contributed by atoms with van der Waals surface area (Å²) in [4.78, 5) is 24.6. The molecule has 0 aromatic rings. The van der Waals surface area contributed by atoms with Crippen molar-refractivity contribution in [2.45, 2.75) is 40.2 Å². The number of rotatable bonds is 8. The maximum absolute atomic E-state index is 11.4. The van der Waals surface area contributed by atoms with E-state index < -0.39 is 0 Å². The molecule has 17 heavy (non-hydrogen) atoms. The number of carbonyl (C=O) groups is 2. The molecule has 5 heteroatoms. The van der Waals surface area contributed by atoms with Gasteiger partial charge < -0.3 is 10.1 Å². The van der Waals surface area contributed by atoms with Crippen LogP contribution in [0.2, 0.25) is 0 Å². The van der Waals surface area contributed by atoms with Crippen molar-refractivity contribution in [3.63, 3.8) is 0 Å². The molecule has 0 fully saturated rings. The Morgan fingerprint density at radius 1 is 1.29 bits per heavy atom. The van der Waals surface area contributed by atoms with Gasteiger partial charge >= 0.3 is 5.97 Å². The van der Waals surface area contributed by atoms with Crippen molar-refractivity contribution >= 4 is 11.9 Å². The lowest BCUT2D eigenvalue weighted by atomic mass is 10.2. The standard InChI is InChI=1S/C12H24N2O3/c1-5-13-11(15)7-8-14(10(3)4)9-12(16)17-6-2/h10H,5-9H2,1-4H3,(H,13,15). The number of nitrogens with one attached hydrogen (secondary N) is 1. The number of hydrogen-bond acceptors (Lipinski definition) is 4. The zero-order valence-corrected chi connectivity index (χ0v) is 11.3. The van der Waals surface area contributed by atoms with Crippen molar-refractivity contribution in [2.75, 3.05) is 26.2 Å². The number of hydrogen-bond donors (Lipinski definition) is 1. The second-order valence-electron chi connectivity index (χ2n) is 4.07. The van der Waals surface area contributed by atoms with Crippen molar-refractivity contribution in [3.8, 4) is 0 Å². The Labute approximate surface area is 103 Å². The van der Waals surface area contributed by atoms with Gasteiger partial charge in [-0.25, -0.2) is 0 Å². The van der Waals surface area contributed by atoms with Gasteiger partial charge in [-0.1, -0.05) is 0 Å². The van der Waals surface area contributed by atoms with Gasteiger partial charge in [0.2, 0.25) is 5.91 Å². The first kappa shape index (κ1) is 15.9. The van der Waals surface area contributed by atoms with Crippen LogP contribution in [0.3, 0.4) is 0 Å². The SMILES string of the molecule is CCNC(=O)CCN(CC(=O)OCC)C(C)C. The van der Waals surface area contributed by atoms with E-state index in [1.54, 1.807) is 6.92 Å². The summed E-state index contributed by atoms with van der Waals surface area (Å²) in [5.41, 5.74) is 0. The van der Waals surface area contributed by atoms with E-state index in [9.17, 15) is 9.59 Å². The molecular weight excluding hydrogens is 220 g/mol. The number of carbonyl (C=O) groups excluding carboxylic acids is 2. The molecule has 0 bridgehead atoms. The lowest BCUT2D eigenvalue weighted by Gasteiger charge is -2.24. The Kier molecular flexibility index (Phi) is 8.40. The monoisotopic (exact) mass is 244 g/mol. The van der Waals surface area contributed by atoms with Gasteiger partial charge in [-0.15, -0.1) is 0 Å². The maximum atomic E-state index is 11.4. The first-order valence-corrected chi connectivity index (χ1v) is 6.17. The van der Waals surface area contributed by atoms with Crippen LogP contribution in [0, 0.1) is 0 Å². The largest absolute Gasteiger partial charge is 0.465 e. The zero-order valence-electron chi connectivity index (χ0n) is 11.3. The summed E-state index contributed by atoms with van der Waals surface area (Å²) in [6.07, 6.45) is 0.408. The van der Waals surface area contributed by atoms with Crippen LogP contribution >= 0.6 is 0 Å². The van der Waals surface area contributed by atoms with Gasteiger partial charge in [0.1, 0.15) is 0 Å². The smallest absolute Gasteiger partial charge is 0.320 e. The molecule has 0 heterocycles. The van der Waals surface area contributed by atoms with Crippen molar-refractivity contribution in [3.05, 3.63) is 0 Å². The van der Waals surface area contributed by atoms with Crippen molar-refractivity contribution in [2.24, 2.45) is 0 Å². The molecule has 0 aromatic heterocycles. The highest BCUT2D eigenvalue weighted by molar-refractivity contribution is 5.76. The fourth-order valence-electron chi connectivity index (χ4n) is 1.42. The molecule has 0 saturated heterocycles. The lowest BCUT2D eigenvalue weighted by Crippen LogP contribution is -2.39.